The highest BCUT2D eigenvalue weighted by Crippen LogP contribution is 2.46. The summed E-state index contributed by atoms with van der Waals surface area (Å²) in [5, 5.41) is 9.05. The van der Waals surface area contributed by atoms with Gasteiger partial charge in [-0.1, -0.05) is 0 Å². The van der Waals surface area contributed by atoms with Crippen molar-refractivity contribution < 1.29 is 19.3 Å². The largest absolute Gasteiger partial charge is 0.391 e. The molecule has 0 aromatic rings. The summed E-state index contributed by atoms with van der Waals surface area (Å²) in [6, 6.07) is 0. The summed E-state index contributed by atoms with van der Waals surface area (Å²) in [5.41, 5.74) is 0. The third-order valence-corrected chi connectivity index (χ3v) is 2.70. The molecule has 0 radical (unpaired) electrons. The topological polar surface area (TPSA) is 51.2 Å². The number of epoxide rings is 1. The Hall–Kier alpha value is 0.130. The lowest BCUT2D eigenvalue weighted by molar-refractivity contribution is -0.259. The van der Waals surface area contributed by atoms with Crippen LogP contribution in [0, 0.1) is 0 Å². The van der Waals surface area contributed by atoms with Crippen LogP contribution in [0.5, 0.6) is 0 Å². The molecule has 0 bridgehead atoms. The Balaban J connectivity index is 2.10. The van der Waals surface area contributed by atoms with Crippen molar-refractivity contribution in [1.29, 1.82) is 0 Å². The number of halogens is 1. The van der Waals surface area contributed by atoms with Crippen LogP contribution in [-0.4, -0.2) is 48.8 Å². The number of ether oxygens (including phenoxy) is 3. The van der Waals surface area contributed by atoms with Gasteiger partial charge in [0.15, 0.2) is 0 Å². The quantitative estimate of drug-likeness (QED) is 0.496. The number of fused-ring (bicyclic) bond motifs is 1. The van der Waals surface area contributed by atoms with Crippen LogP contribution in [0.3, 0.4) is 0 Å². The summed E-state index contributed by atoms with van der Waals surface area (Å²) in [4.78, 5) is 0. The Morgan fingerprint density at radius 1 is 1.67 bits per heavy atom. The molecule has 4 unspecified atom stereocenters. The molecule has 4 atom stereocenters. The maximum Gasteiger partial charge on any atom is 0.221 e. The molecule has 4 nitrogen and oxygen atoms in total. The van der Waals surface area contributed by atoms with Crippen LogP contribution in [-0.2, 0) is 14.2 Å². The van der Waals surface area contributed by atoms with Crippen LogP contribution in [0.1, 0.15) is 0 Å². The van der Waals surface area contributed by atoms with Crippen molar-refractivity contribution in [3.63, 3.8) is 0 Å². The van der Waals surface area contributed by atoms with Gasteiger partial charge in [-0.2, -0.15) is 0 Å². The van der Waals surface area contributed by atoms with Crippen molar-refractivity contribution in [2.45, 2.75) is 24.1 Å². The van der Waals surface area contributed by atoms with Gasteiger partial charge in [-0.15, -0.1) is 11.6 Å². The molecule has 2 fully saturated rings. The van der Waals surface area contributed by atoms with Crippen molar-refractivity contribution >= 4 is 11.6 Å². The lowest BCUT2D eigenvalue weighted by Gasteiger charge is -2.27. The minimum absolute atomic E-state index is 0.00889. The highest BCUT2D eigenvalue weighted by molar-refractivity contribution is 6.18. The summed E-state index contributed by atoms with van der Waals surface area (Å²) in [6.07, 6.45) is -0.283. The van der Waals surface area contributed by atoms with Crippen molar-refractivity contribution in [2.24, 2.45) is 0 Å². The zero-order chi connectivity index (χ0) is 8.77. The lowest BCUT2D eigenvalue weighted by atomic mass is 10.2. The van der Waals surface area contributed by atoms with E-state index < -0.39 is 5.79 Å². The normalized spacial score (nSPS) is 50.8. The first kappa shape index (κ1) is 8.72. The van der Waals surface area contributed by atoms with Gasteiger partial charge in [0, 0.05) is 7.11 Å². The van der Waals surface area contributed by atoms with Crippen molar-refractivity contribution in [3.05, 3.63) is 0 Å². The summed E-state index contributed by atoms with van der Waals surface area (Å²) in [7, 11) is 1.49. The molecule has 0 amide bonds. The fraction of sp³-hybridized carbons (Fsp3) is 1.00. The Kier molecular flexibility index (Phi) is 2.05. The van der Waals surface area contributed by atoms with Crippen LogP contribution in [0.15, 0.2) is 0 Å². The molecule has 0 saturated carbocycles. The molecule has 0 aromatic heterocycles. The number of hydrogen-bond acceptors (Lipinski definition) is 4. The molecule has 2 aliphatic heterocycles. The second kappa shape index (κ2) is 2.82. The Bertz CT molecular complexity index is 182. The number of methoxy groups -OCH3 is 1. The van der Waals surface area contributed by atoms with E-state index in [1.54, 1.807) is 0 Å². The third kappa shape index (κ3) is 0.995. The van der Waals surface area contributed by atoms with E-state index in [1.165, 1.54) is 7.11 Å². The monoisotopic (exact) mass is 194 g/mol. The smallest absolute Gasteiger partial charge is 0.221 e. The van der Waals surface area contributed by atoms with Gasteiger partial charge in [-0.05, 0) is 0 Å². The maximum absolute atomic E-state index is 9.05. The summed E-state index contributed by atoms with van der Waals surface area (Å²) < 4.78 is 15.8. The van der Waals surface area contributed by atoms with Gasteiger partial charge in [0.1, 0.15) is 24.9 Å². The summed E-state index contributed by atoms with van der Waals surface area (Å²) in [5.74, 6) is -0.601. The van der Waals surface area contributed by atoms with Gasteiger partial charge in [0.05, 0.1) is 5.88 Å². The highest BCUT2D eigenvalue weighted by Gasteiger charge is 2.67. The molecular weight excluding hydrogens is 184 g/mol. The second-order valence-electron chi connectivity index (χ2n) is 3.01. The molecular formula is C7H11ClO4. The molecule has 2 rings (SSSR count). The average molecular weight is 195 g/mol. The average Bonchev–Trinajstić information content (AvgIpc) is 2.85. The summed E-state index contributed by atoms with van der Waals surface area (Å²) >= 11 is 5.63. The molecule has 70 valence electrons. The highest BCUT2D eigenvalue weighted by atomic mass is 35.5. The molecule has 1 N–H and O–H groups in total. The maximum atomic E-state index is 9.05. The van der Waals surface area contributed by atoms with Gasteiger partial charge in [-0.25, -0.2) is 0 Å². The zero-order valence-electron chi connectivity index (χ0n) is 6.70. The van der Waals surface area contributed by atoms with Gasteiger partial charge >= 0.3 is 0 Å². The minimum atomic E-state index is -0.968. The van der Waals surface area contributed by atoms with Crippen LogP contribution in [0.25, 0.3) is 0 Å². The lowest BCUT2D eigenvalue weighted by Crippen LogP contribution is -2.42. The van der Waals surface area contributed by atoms with Crippen LogP contribution >= 0.6 is 11.6 Å². The fourth-order valence-electron chi connectivity index (χ4n) is 1.63. The van der Waals surface area contributed by atoms with E-state index in [2.05, 4.69) is 0 Å². The van der Waals surface area contributed by atoms with E-state index in [0.29, 0.717) is 5.88 Å². The Labute approximate surface area is 75.4 Å². The Morgan fingerprint density at radius 2 is 2.42 bits per heavy atom. The molecule has 12 heavy (non-hydrogen) atoms. The van der Waals surface area contributed by atoms with E-state index in [9.17, 15) is 0 Å². The Morgan fingerprint density at radius 3 is 2.75 bits per heavy atom. The van der Waals surface area contributed by atoms with Crippen molar-refractivity contribution in [2.75, 3.05) is 19.6 Å². The van der Waals surface area contributed by atoms with Crippen molar-refractivity contribution in [1.82, 2.24) is 0 Å². The van der Waals surface area contributed by atoms with Crippen LogP contribution in [0.4, 0.5) is 0 Å². The minimum Gasteiger partial charge on any atom is -0.391 e. The number of hydrogen-bond donors (Lipinski definition) is 1. The standard InChI is InChI=1S/C7H11ClO4/c1-10-7(3-9)6-5(11-6)4(2-8)12-7/h4-6,9H,2-3H2,1H3. The van der Waals surface area contributed by atoms with Crippen LogP contribution in [0.2, 0.25) is 0 Å². The number of aliphatic hydroxyl groups excluding tert-OH is 1. The van der Waals surface area contributed by atoms with Gasteiger partial charge < -0.3 is 19.3 Å². The number of alkyl halides is 1. The third-order valence-electron chi connectivity index (χ3n) is 2.39. The molecule has 2 heterocycles. The van der Waals surface area contributed by atoms with Crippen molar-refractivity contribution in [3.8, 4) is 0 Å². The SMILES string of the molecule is COC1(CO)OC(CCl)C2OC21. The molecule has 0 aromatic carbocycles. The molecule has 0 spiro atoms. The van der Waals surface area contributed by atoms with E-state index in [-0.39, 0.29) is 24.9 Å². The first-order valence-corrected chi connectivity index (χ1v) is 4.36. The summed E-state index contributed by atoms with van der Waals surface area (Å²) in [6.45, 7) is -0.196. The van der Waals surface area contributed by atoms with E-state index in [4.69, 9.17) is 30.9 Å². The van der Waals surface area contributed by atoms with Gasteiger partial charge in [0.2, 0.25) is 5.79 Å². The molecule has 5 heteroatoms. The first-order valence-electron chi connectivity index (χ1n) is 3.82. The molecule has 2 saturated heterocycles. The van der Waals surface area contributed by atoms with Gasteiger partial charge in [0.25, 0.3) is 0 Å². The predicted octanol–water partition coefficient (Wildman–Crippen LogP) is -0.274. The van der Waals surface area contributed by atoms with E-state index in [1.807, 2.05) is 0 Å². The molecule has 0 aliphatic carbocycles. The van der Waals surface area contributed by atoms with E-state index in [0.717, 1.165) is 0 Å². The number of aliphatic hydroxyl groups is 1. The zero-order valence-corrected chi connectivity index (χ0v) is 7.45. The molecule has 2 aliphatic rings. The fourth-order valence-corrected chi connectivity index (χ4v) is 1.86. The number of rotatable bonds is 3. The van der Waals surface area contributed by atoms with Gasteiger partial charge in [-0.3, -0.25) is 0 Å². The van der Waals surface area contributed by atoms with E-state index >= 15 is 0 Å². The first-order chi connectivity index (χ1) is 5.77. The second-order valence-corrected chi connectivity index (χ2v) is 3.31. The van der Waals surface area contributed by atoms with Crippen LogP contribution < -0.4 is 0 Å². The predicted molar refractivity (Wildman–Crippen MR) is 41.1 cm³/mol.